The van der Waals surface area contributed by atoms with Crippen LogP contribution in [0.2, 0.25) is 0 Å². The first kappa shape index (κ1) is 15.3. The number of carbonyl (C=O) groups is 1. The van der Waals surface area contributed by atoms with E-state index in [0.29, 0.717) is 6.42 Å². The van der Waals surface area contributed by atoms with E-state index >= 15 is 0 Å². The molecule has 1 aromatic heterocycles. The van der Waals surface area contributed by atoms with Crippen LogP contribution >= 0.6 is 23.6 Å². The Hall–Kier alpha value is -0.720. The highest BCUT2D eigenvalue weighted by Gasteiger charge is 2.12. The van der Waals surface area contributed by atoms with Gasteiger partial charge in [0, 0.05) is 24.2 Å². The number of hydrogen-bond acceptors (Lipinski definition) is 4. The van der Waals surface area contributed by atoms with Gasteiger partial charge in [0.25, 0.3) is 0 Å². The highest BCUT2D eigenvalue weighted by Crippen LogP contribution is 2.15. The van der Waals surface area contributed by atoms with E-state index in [2.05, 4.69) is 9.88 Å². The summed E-state index contributed by atoms with van der Waals surface area (Å²) in [7, 11) is 5.94. The molecule has 0 aromatic carbocycles. The van der Waals surface area contributed by atoms with Crippen LogP contribution in [0.4, 0.5) is 0 Å². The van der Waals surface area contributed by atoms with Gasteiger partial charge in [0.2, 0.25) is 5.91 Å². The third-order valence-corrected chi connectivity index (χ3v) is 4.10. The van der Waals surface area contributed by atoms with Crippen molar-refractivity contribution >= 4 is 29.5 Å². The number of nitrogens with zero attached hydrogens (tertiary/aromatic N) is 2. The number of aromatic amines is 1. The molecule has 0 radical (unpaired) electrons. The fourth-order valence-corrected chi connectivity index (χ4v) is 2.91. The molecular weight excluding hydrogens is 266 g/mol. The topological polar surface area (TPSA) is 39.3 Å². The average Bonchev–Trinajstić information content (AvgIpc) is 2.56. The highest BCUT2D eigenvalue weighted by atomic mass is 32.1. The monoisotopic (exact) mass is 287 g/mol. The summed E-state index contributed by atoms with van der Waals surface area (Å²) in [6, 6.07) is 0. The predicted octanol–water partition coefficient (Wildman–Crippen LogP) is 2.07. The zero-order valence-corrected chi connectivity index (χ0v) is 13.1. The molecule has 1 heterocycles. The number of thiazole rings is 1. The molecule has 0 bridgehead atoms. The first-order chi connectivity index (χ1) is 8.40. The molecule has 0 saturated heterocycles. The molecule has 1 aromatic rings. The summed E-state index contributed by atoms with van der Waals surface area (Å²) in [6.45, 7) is 3.76. The number of rotatable bonds is 6. The van der Waals surface area contributed by atoms with Crippen molar-refractivity contribution in [3.05, 3.63) is 14.5 Å². The number of aryl methyl sites for hydroxylation is 1. The molecule has 0 saturated carbocycles. The largest absolute Gasteiger partial charge is 0.345 e. The molecule has 0 unspecified atom stereocenters. The van der Waals surface area contributed by atoms with Crippen LogP contribution < -0.4 is 0 Å². The van der Waals surface area contributed by atoms with E-state index in [4.69, 9.17) is 12.2 Å². The van der Waals surface area contributed by atoms with Crippen molar-refractivity contribution in [2.45, 2.75) is 19.8 Å². The number of likely N-dealkylation sites (N-methyl/N-ethyl adjacent to an activating group) is 1. The molecule has 0 spiro atoms. The van der Waals surface area contributed by atoms with E-state index in [9.17, 15) is 4.79 Å². The van der Waals surface area contributed by atoms with Gasteiger partial charge in [-0.25, -0.2) is 0 Å². The number of amides is 1. The van der Waals surface area contributed by atoms with Crippen molar-refractivity contribution in [3.63, 3.8) is 0 Å². The minimum atomic E-state index is 0.155. The second kappa shape index (κ2) is 7.01. The normalized spacial score (nSPS) is 10.9. The van der Waals surface area contributed by atoms with E-state index < -0.39 is 0 Å². The Bertz CT molecular complexity index is 450. The van der Waals surface area contributed by atoms with E-state index in [-0.39, 0.29) is 5.91 Å². The third kappa shape index (κ3) is 4.88. The van der Waals surface area contributed by atoms with E-state index in [1.165, 1.54) is 11.3 Å². The first-order valence-corrected chi connectivity index (χ1v) is 7.20. The van der Waals surface area contributed by atoms with Crippen LogP contribution in [-0.2, 0) is 11.2 Å². The number of hydrogen-bond donors (Lipinski definition) is 1. The van der Waals surface area contributed by atoms with E-state index in [0.717, 1.165) is 34.0 Å². The summed E-state index contributed by atoms with van der Waals surface area (Å²) >= 11 is 6.56. The summed E-state index contributed by atoms with van der Waals surface area (Å²) < 4.78 is 0.741. The van der Waals surface area contributed by atoms with Crippen molar-refractivity contribution in [1.29, 1.82) is 0 Å². The van der Waals surface area contributed by atoms with Gasteiger partial charge in [0.05, 0.1) is 6.42 Å². The minimum Gasteiger partial charge on any atom is -0.345 e. The molecule has 1 N–H and O–H groups in total. The molecular formula is C12H21N3OS2. The highest BCUT2D eigenvalue weighted by molar-refractivity contribution is 7.73. The standard InChI is InChI=1S/C12H21N3OS2/c1-9-10(18-12(17)13-9)8-11(16)15(4)7-5-6-14(2)3/h5-8H2,1-4H3,(H,13,17). The van der Waals surface area contributed by atoms with Crippen molar-refractivity contribution in [1.82, 2.24) is 14.8 Å². The minimum absolute atomic E-state index is 0.155. The van der Waals surface area contributed by atoms with Gasteiger partial charge in [-0.15, -0.1) is 11.3 Å². The maximum atomic E-state index is 12.0. The SMILES string of the molecule is Cc1[nH]c(=S)sc1CC(=O)N(C)CCCN(C)C. The molecule has 18 heavy (non-hydrogen) atoms. The molecule has 0 aliphatic rings. The van der Waals surface area contributed by atoms with Gasteiger partial charge < -0.3 is 14.8 Å². The summed E-state index contributed by atoms with van der Waals surface area (Å²) in [6.07, 6.45) is 1.44. The Morgan fingerprint density at radius 3 is 2.50 bits per heavy atom. The average molecular weight is 287 g/mol. The summed E-state index contributed by atoms with van der Waals surface area (Å²) in [5, 5.41) is 0. The van der Waals surface area contributed by atoms with Gasteiger partial charge in [-0.05, 0) is 46.2 Å². The molecule has 0 aliphatic heterocycles. The second-order valence-electron chi connectivity index (χ2n) is 4.71. The fraction of sp³-hybridized carbons (Fsp3) is 0.667. The van der Waals surface area contributed by atoms with Crippen LogP contribution in [0.15, 0.2) is 0 Å². The second-order valence-corrected chi connectivity index (χ2v) is 6.48. The molecule has 1 rings (SSSR count). The zero-order valence-electron chi connectivity index (χ0n) is 11.4. The third-order valence-electron chi connectivity index (χ3n) is 2.76. The molecule has 4 nitrogen and oxygen atoms in total. The Morgan fingerprint density at radius 1 is 1.33 bits per heavy atom. The van der Waals surface area contributed by atoms with Crippen molar-refractivity contribution in [2.75, 3.05) is 34.2 Å². The molecule has 102 valence electrons. The van der Waals surface area contributed by atoms with Gasteiger partial charge in [0.15, 0.2) is 3.95 Å². The number of carbonyl (C=O) groups excluding carboxylic acids is 1. The lowest BCUT2D eigenvalue weighted by Crippen LogP contribution is -2.30. The smallest absolute Gasteiger partial charge is 0.227 e. The number of nitrogens with one attached hydrogen (secondary N) is 1. The van der Waals surface area contributed by atoms with E-state index in [1.54, 1.807) is 4.90 Å². The summed E-state index contributed by atoms with van der Waals surface area (Å²) in [4.78, 5) is 20.1. The Kier molecular flexibility index (Phi) is 5.98. The van der Waals surface area contributed by atoms with Crippen molar-refractivity contribution in [2.24, 2.45) is 0 Å². The Morgan fingerprint density at radius 2 is 2.00 bits per heavy atom. The molecule has 0 fully saturated rings. The van der Waals surface area contributed by atoms with Gasteiger partial charge in [0.1, 0.15) is 0 Å². The lowest BCUT2D eigenvalue weighted by Gasteiger charge is -2.18. The van der Waals surface area contributed by atoms with Gasteiger partial charge >= 0.3 is 0 Å². The predicted molar refractivity (Wildman–Crippen MR) is 78.8 cm³/mol. The van der Waals surface area contributed by atoms with Crippen LogP contribution in [0.1, 0.15) is 17.0 Å². The maximum absolute atomic E-state index is 12.0. The lowest BCUT2D eigenvalue weighted by molar-refractivity contribution is -0.129. The van der Waals surface area contributed by atoms with Gasteiger partial charge in [-0.3, -0.25) is 4.79 Å². The summed E-state index contributed by atoms with van der Waals surface area (Å²) in [5.41, 5.74) is 1.01. The van der Waals surface area contributed by atoms with E-state index in [1.807, 2.05) is 28.1 Å². The van der Waals surface area contributed by atoms with Crippen molar-refractivity contribution in [3.8, 4) is 0 Å². The van der Waals surface area contributed by atoms with Crippen molar-refractivity contribution < 1.29 is 4.79 Å². The molecule has 0 atom stereocenters. The van der Waals surface area contributed by atoms with Crippen LogP contribution in [0, 0.1) is 10.9 Å². The molecule has 1 amide bonds. The quantitative estimate of drug-likeness (QED) is 0.814. The molecule has 0 aliphatic carbocycles. The van der Waals surface area contributed by atoms with Gasteiger partial charge in [-0.1, -0.05) is 0 Å². The fourth-order valence-electron chi connectivity index (χ4n) is 1.63. The Labute approximate surface area is 118 Å². The van der Waals surface area contributed by atoms with Crippen LogP contribution in [0.5, 0.6) is 0 Å². The van der Waals surface area contributed by atoms with Crippen LogP contribution in [0.25, 0.3) is 0 Å². The zero-order chi connectivity index (χ0) is 13.7. The summed E-state index contributed by atoms with van der Waals surface area (Å²) in [5.74, 6) is 0.155. The number of H-pyrrole nitrogens is 1. The van der Waals surface area contributed by atoms with Crippen LogP contribution in [0.3, 0.4) is 0 Å². The van der Waals surface area contributed by atoms with Crippen LogP contribution in [-0.4, -0.2) is 54.9 Å². The number of aromatic nitrogens is 1. The lowest BCUT2D eigenvalue weighted by atomic mass is 10.2. The first-order valence-electron chi connectivity index (χ1n) is 5.97. The molecule has 6 heteroatoms. The maximum Gasteiger partial charge on any atom is 0.227 e. The Balaban J connectivity index is 2.45. The van der Waals surface area contributed by atoms with Gasteiger partial charge in [-0.2, -0.15) is 0 Å².